The summed E-state index contributed by atoms with van der Waals surface area (Å²) in [6.45, 7) is 40.7. The fourth-order valence-electron chi connectivity index (χ4n) is 13.1. The first kappa shape index (κ1) is 65.1. The van der Waals surface area contributed by atoms with Gasteiger partial charge in [0.15, 0.2) is 0 Å². The molecular formula is C76H102I2O8. The van der Waals surface area contributed by atoms with Crippen molar-refractivity contribution in [3.05, 3.63) is 183 Å². The lowest BCUT2D eigenvalue weighted by atomic mass is 9.73. The van der Waals surface area contributed by atoms with E-state index in [4.69, 9.17) is 5.48 Å². The van der Waals surface area contributed by atoms with E-state index < -0.39 is 0 Å². The first-order chi connectivity index (χ1) is 42.3. The standard InChI is InChI=1S/C19H24I2O2.3C19H26O2/c1-5-6-13-16(20)18(22)15(19(23)17(13)21)14-9-11(4)7-8-12(14)10(2)3;3*1-5-6-14-10-17(20)19(18(21)11-14)16-9-13(4)7-8-15(16)12(2)3/h9,12,14,22-23H,2,5-8H2,1,3-4H3;3*9-11,15-16,20-21H,2,5-8H2,1,3-4H3/t12-,14?;2*15-,16?;15-,16+/m0000/s1/i;10T,11T;;10T,11T. The Morgan fingerprint density at radius 2 is 0.651 bits per heavy atom. The summed E-state index contributed by atoms with van der Waals surface area (Å²) in [6.07, 6.45) is 22.6. The van der Waals surface area contributed by atoms with E-state index in [-0.39, 0.29) is 118 Å². The lowest BCUT2D eigenvalue weighted by molar-refractivity contribution is 0.401. The summed E-state index contributed by atoms with van der Waals surface area (Å²) in [6, 6.07) is 3.49. The zero-order valence-corrected chi connectivity index (χ0v) is 57.9. The highest BCUT2D eigenvalue weighted by molar-refractivity contribution is 14.1. The van der Waals surface area contributed by atoms with Crippen molar-refractivity contribution < 1.29 is 46.3 Å². The van der Waals surface area contributed by atoms with Crippen LogP contribution in [0.2, 0.25) is 0 Å². The minimum atomic E-state index is -0.231. The third-order valence-electron chi connectivity index (χ3n) is 17.6. The average Bonchev–Trinajstić information content (AvgIpc) is 0.793. The van der Waals surface area contributed by atoms with Crippen LogP contribution >= 0.6 is 45.2 Å². The van der Waals surface area contributed by atoms with E-state index in [2.05, 4.69) is 111 Å². The SMILES string of the molecule is C=C(C)[C@@H]1CCC(C)=CC1c1c(O)c(I)c(CCC)c(I)c1O.C=C(C)[C@@H]1CCC(C)=CC1c1c(O)cc(CCC)cc1O.[3H]c1c(O)c(C2C=C(C)CC[C@H]2C(=C)C)c(O)c([3H])c1CCC.[3H]c1c(O)c([C@@H]2C=C(C)CC[C@H]2C(=C)C)c(O)c([3H])c1CCC. The van der Waals surface area contributed by atoms with E-state index in [0.29, 0.717) is 46.2 Å². The molecule has 4 aliphatic rings. The summed E-state index contributed by atoms with van der Waals surface area (Å²) in [7, 11) is 0. The second kappa shape index (κ2) is 32.8. The van der Waals surface area contributed by atoms with Gasteiger partial charge in [-0.3, -0.25) is 0 Å². The molecule has 0 aliphatic heterocycles. The summed E-state index contributed by atoms with van der Waals surface area (Å²) in [5.74, 6) is 0.451. The van der Waals surface area contributed by atoms with Gasteiger partial charge in [0.25, 0.3) is 0 Å². The molecule has 0 fully saturated rings. The predicted molar refractivity (Wildman–Crippen MR) is 377 cm³/mol. The van der Waals surface area contributed by atoms with E-state index in [0.717, 1.165) is 130 Å². The van der Waals surface area contributed by atoms with Gasteiger partial charge in [0.05, 0.1) is 12.6 Å². The van der Waals surface area contributed by atoms with E-state index in [1.165, 1.54) is 22.3 Å². The van der Waals surface area contributed by atoms with Crippen molar-refractivity contribution >= 4 is 45.2 Å². The Bertz CT molecular complexity index is 3080. The molecule has 0 amide bonds. The number of hydrogen-bond donors (Lipinski definition) is 8. The quantitative estimate of drug-likeness (QED) is 0.0406. The molecule has 4 aliphatic carbocycles. The van der Waals surface area contributed by atoms with E-state index >= 15 is 0 Å². The Kier molecular flexibility index (Phi) is 24.8. The molecule has 8 nitrogen and oxygen atoms in total. The van der Waals surface area contributed by atoms with Gasteiger partial charge in [-0.25, -0.2) is 0 Å². The molecule has 10 heteroatoms. The molecule has 0 saturated carbocycles. The minimum absolute atomic E-state index is 0.000964. The molecule has 8 atom stereocenters. The molecule has 0 aromatic heterocycles. The van der Waals surface area contributed by atoms with Gasteiger partial charge in [0, 0.05) is 45.9 Å². The normalized spacial score (nSPS) is 22.4. The number of phenols is 8. The van der Waals surface area contributed by atoms with Crippen molar-refractivity contribution in [3.8, 4) is 46.0 Å². The highest BCUT2D eigenvalue weighted by Crippen LogP contribution is 2.52. The largest absolute Gasteiger partial charge is 0.507 e. The van der Waals surface area contributed by atoms with Crippen LogP contribution in [0.25, 0.3) is 0 Å². The lowest BCUT2D eigenvalue weighted by Crippen LogP contribution is -2.18. The molecule has 0 radical (unpaired) electrons. The van der Waals surface area contributed by atoms with Crippen molar-refractivity contribution in [1.29, 1.82) is 0 Å². The van der Waals surface area contributed by atoms with Crippen molar-refractivity contribution in [2.75, 3.05) is 0 Å². The number of halogens is 2. The van der Waals surface area contributed by atoms with Gasteiger partial charge < -0.3 is 40.9 Å². The maximum Gasteiger partial charge on any atom is 0.136 e. The van der Waals surface area contributed by atoms with Crippen LogP contribution in [-0.4, -0.2) is 40.9 Å². The highest BCUT2D eigenvalue weighted by atomic mass is 127. The van der Waals surface area contributed by atoms with E-state index in [1.54, 1.807) is 12.1 Å². The number of benzene rings is 4. The fourth-order valence-corrected chi connectivity index (χ4v) is 15.3. The van der Waals surface area contributed by atoms with Gasteiger partial charge in [-0.2, -0.15) is 0 Å². The van der Waals surface area contributed by atoms with Crippen LogP contribution in [0.4, 0.5) is 0 Å². The third kappa shape index (κ3) is 17.9. The molecule has 468 valence electrons. The molecule has 4 aromatic carbocycles. The van der Waals surface area contributed by atoms with Crippen LogP contribution in [0, 0.1) is 30.8 Å². The second-order valence-electron chi connectivity index (χ2n) is 25.1. The molecule has 8 N–H and O–H groups in total. The third-order valence-corrected chi connectivity index (χ3v) is 20.0. The molecule has 0 heterocycles. The first-order valence-electron chi connectivity index (χ1n) is 33.2. The van der Waals surface area contributed by atoms with Crippen molar-refractivity contribution in [2.45, 2.75) is 209 Å². The van der Waals surface area contributed by atoms with Gasteiger partial charge >= 0.3 is 0 Å². The van der Waals surface area contributed by atoms with E-state index in [1.807, 2.05) is 67.5 Å². The Balaban J connectivity index is 0.000000218. The average molecular weight is 1410 g/mol. The van der Waals surface area contributed by atoms with Crippen LogP contribution in [0.1, 0.15) is 234 Å². The zero-order chi connectivity index (χ0) is 67.5. The number of aryl methyl sites for hydroxylation is 1. The predicted octanol–water partition coefficient (Wildman–Crippen LogP) is 21.5. The summed E-state index contributed by atoms with van der Waals surface area (Å²) >= 11 is 4.43. The number of aromatic hydroxyl groups is 8. The Hall–Kier alpha value is -5.34. The van der Waals surface area contributed by atoms with Crippen LogP contribution in [0.3, 0.4) is 0 Å². The lowest BCUT2D eigenvalue weighted by Gasteiger charge is -2.32. The topological polar surface area (TPSA) is 162 Å². The number of hydrogen-bond acceptors (Lipinski definition) is 8. The van der Waals surface area contributed by atoms with Crippen LogP contribution in [-0.2, 0) is 25.7 Å². The van der Waals surface area contributed by atoms with Gasteiger partial charge in [-0.05, 0) is 260 Å². The number of phenolic OH excluding ortho intramolecular Hbond substituents is 8. The summed E-state index contributed by atoms with van der Waals surface area (Å²) in [5.41, 5.74) is 14.0. The van der Waals surface area contributed by atoms with Gasteiger partial charge in [-0.1, -0.05) is 149 Å². The molecule has 86 heavy (non-hydrogen) atoms. The van der Waals surface area contributed by atoms with Gasteiger partial charge in [0.1, 0.15) is 46.0 Å². The maximum atomic E-state index is 10.8. The minimum Gasteiger partial charge on any atom is -0.507 e. The molecule has 0 saturated heterocycles. The van der Waals surface area contributed by atoms with Crippen molar-refractivity contribution in [1.82, 2.24) is 0 Å². The number of rotatable bonds is 16. The molecule has 3 unspecified atom stereocenters. The Labute approximate surface area is 550 Å². The molecule has 8 rings (SSSR count). The summed E-state index contributed by atoms with van der Waals surface area (Å²) in [4.78, 5) is 0. The first-order valence-corrected chi connectivity index (χ1v) is 33.3. The molecular weight excluding hydrogens is 1290 g/mol. The Morgan fingerprint density at radius 1 is 0.407 bits per heavy atom. The van der Waals surface area contributed by atoms with Gasteiger partial charge in [-0.15, -0.1) is 0 Å². The summed E-state index contributed by atoms with van der Waals surface area (Å²) in [5, 5.41) is 84.7. The van der Waals surface area contributed by atoms with E-state index in [9.17, 15) is 40.9 Å². The van der Waals surface area contributed by atoms with Crippen molar-refractivity contribution in [3.63, 3.8) is 0 Å². The summed E-state index contributed by atoms with van der Waals surface area (Å²) < 4.78 is 34.5. The Morgan fingerprint density at radius 3 is 0.907 bits per heavy atom. The van der Waals surface area contributed by atoms with Crippen LogP contribution in [0.5, 0.6) is 46.0 Å². The molecule has 0 spiro atoms. The van der Waals surface area contributed by atoms with Gasteiger partial charge in [0.2, 0.25) is 0 Å². The fraction of sp³-hybridized carbons (Fsp3) is 0.474. The number of allylic oxidation sites excluding steroid dienone is 12. The molecule has 4 aromatic rings. The zero-order valence-electron chi connectivity index (χ0n) is 57.6. The van der Waals surface area contributed by atoms with Crippen LogP contribution < -0.4 is 0 Å². The monoisotopic (exact) mass is 1400 g/mol. The van der Waals surface area contributed by atoms with Crippen LogP contribution in [0.15, 0.2) is 132 Å². The smallest absolute Gasteiger partial charge is 0.136 e. The maximum absolute atomic E-state index is 10.8. The van der Waals surface area contributed by atoms with Crippen molar-refractivity contribution in [2.24, 2.45) is 23.7 Å². The molecule has 0 bridgehead atoms. The second-order valence-corrected chi connectivity index (χ2v) is 27.2. The highest BCUT2D eigenvalue weighted by Gasteiger charge is 2.35.